The molecular formula is C10H12N2O2. The number of nitrogens with zero attached hydrogens (tertiary/aromatic N) is 1. The SMILES string of the molecule is Cc1cccc(C(=O)NCCN=O)c1. The van der Waals surface area contributed by atoms with Crippen LogP contribution in [0.25, 0.3) is 0 Å². The Morgan fingerprint density at radius 3 is 2.93 bits per heavy atom. The summed E-state index contributed by atoms with van der Waals surface area (Å²) in [6, 6.07) is 7.27. The molecular weight excluding hydrogens is 180 g/mol. The summed E-state index contributed by atoms with van der Waals surface area (Å²) in [5, 5.41) is 5.25. The number of carbonyl (C=O) groups excluding carboxylic acids is 1. The molecule has 0 atom stereocenters. The van der Waals surface area contributed by atoms with Gasteiger partial charge in [0.25, 0.3) is 5.91 Å². The molecule has 0 radical (unpaired) electrons. The van der Waals surface area contributed by atoms with Gasteiger partial charge in [0, 0.05) is 12.1 Å². The van der Waals surface area contributed by atoms with Crippen molar-refractivity contribution in [1.82, 2.24) is 5.32 Å². The van der Waals surface area contributed by atoms with Crippen LogP contribution >= 0.6 is 0 Å². The van der Waals surface area contributed by atoms with Gasteiger partial charge in [0.2, 0.25) is 0 Å². The van der Waals surface area contributed by atoms with Crippen LogP contribution in [0.1, 0.15) is 15.9 Å². The number of hydrogen-bond donors (Lipinski definition) is 1. The molecule has 0 aliphatic carbocycles. The van der Waals surface area contributed by atoms with E-state index in [-0.39, 0.29) is 19.0 Å². The number of carbonyl (C=O) groups is 1. The second-order valence-electron chi connectivity index (χ2n) is 2.98. The monoisotopic (exact) mass is 192 g/mol. The molecule has 1 aromatic rings. The van der Waals surface area contributed by atoms with Gasteiger partial charge in [-0.15, -0.1) is 0 Å². The van der Waals surface area contributed by atoms with Crippen LogP contribution < -0.4 is 5.32 Å². The highest BCUT2D eigenvalue weighted by atomic mass is 16.3. The largest absolute Gasteiger partial charge is 0.350 e. The highest BCUT2D eigenvalue weighted by Crippen LogP contribution is 2.03. The number of nitrogens with one attached hydrogen (secondary N) is 1. The second-order valence-corrected chi connectivity index (χ2v) is 2.98. The Labute approximate surface area is 82.3 Å². The molecule has 4 heteroatoms. The van der Waals surface area contributed by atoms with Crippen molar-refractivity contribution in [2.24, 2.45) is 5.18 Å². The van der Waals surface area contributed by atoms with Crippen molar-refractivity contribution in [2.75, 3.05) is 13.1 Å². The normalized spacial score (nSPS) is 9.50. The van der Waals surface area contributed by atoms with Crippen molar-refractivity contribution in [3.05, 3.63) is 40.3 Å². The summed E-state index contributed by atoms with van der Waals surface area (Å²) >= 11 is 0. The Kier molecular flexibility index (Phi) is 3.79. The highest BCUT2D eigenvalue weighted by molar-refractivity contribution is 5.94. The molecule has 0 unspecified atom stereocenters. The molecule has 4 nitrogen and oxygen atoms in total. The van der Waals surface area contributed by atoms with E-state index in [4.69, 9.17) is 0 Å². The van der Waals surface area contributed by atoms with Gasteiger partial charge in [-0.25, -0.2) is 0 Å². The maximum Gasteiger partial charge on any atom is 0.251 e. The van der Waals surface area contributed by atoms with Crippen molar-refractivity contribution in [3.63, 3.8) is 0 Å². The van der Waals surface area contributed by atoms with Gasteiger partial charge < -0.3 is 5.32 Å². The Balaban J connectivity index is 2.56. The number of aryl methyl sites for hydroxylation is 1. The predicted molar refractivity (Wildman–Crippen MR) is 54.2 cm³/mol. The molecule has 0 aliphatic rings. The first-order valence-electron chi connectivity index (χ1n) is 4.38. The molecule has 0 spiro atoms. The first kappa shape index (κ1) is 10.4. The Morgan fingerprint density at radius 1 is 1.50 bits per heavy atom. The molecule has 0 saturated heterocycles. The number of nitroso groups, excluding NO2 is 1. The topological polar surface area (TPSA) is 58.5 Å². The van der Waals surface area contributed by atoms with Crippen LogP contribution in [0, 0.1) is 11.8 Å². The molecule has 74 valence electrons. The van der Waals surface area contributed by atoms with Crippen LogP contribution in [0.3, 0.4) is 0 Å². The van der Waals surface area contributed by atoms with Gasteiger partial charge in [-0.3, -0.25) is 4.79 Å². The van der Waals surface area contributed by atoms with Gasteiger partial charge in [-0.2, -0.15) is 4.91 Å². The third kappa shape index (κ3) is 2.97. The first-order valence-corrected chi connectivity index (χ1v) is 4.38. The van der Waals surface area contributed by atoms with Crippen molar-refractivity contribution in [3.8, 4) is 0 Å². The Hall–Kier alpha value is -1.71. The Morgan fingerprint density at radius 2 is 2.29 bits per heavy atom. The van der Waals surface area contributed by atoms with E-state index in [1.54, 1.807) is 12.1 Å². The summed E-state index contributed by atoms with van der Waals surface area (Å²) in [5.74, 6) is -0.169. The van der Waals surface area contributed by atoms with Gasteiger partial charge in [0.1, 0.15) is 0 Å². The number of amides is 1. The summed E-state index contributed by atoms with van der Waals surface area (Å²) in [5.41, 5.74) is 1.64. The first-order chi connectivity index (χ1) is 6.74. The van der Waals surface area contributed by atoms with Gasteiger partial charge in [-0.1, -0.05) is 22.9 Å². The van der Waals surface area contributed by atoms with Crippen LogP contribution in [-0.4, -0.2) is 19.0 Å². The molecule has 0 fully saturated rings. The van der Waals surface area contributed by atoms with E-state index < -0.39 is 0 Å². The molecule has 0 bridgehead atoms. The highest BCUT2D eigenvalue weighted by Gasteiger charge is 2.03. The van der Waals surface area contributed by atoms with Crippen LogP contribution in [0.15, 0.2) is 29.4 Å². The number of benzene rings is 1. The average molecular weight is 192 g/mol. The van der Waals surface area contributed by atoms with E-state index in [0.717, 1.165) is 5.56 Å². The molecule has 0 saturated carbocycles. The fraction of sp³-hybridized carbons (Fsp3) is 0.300. The summed E-state index contributed by atoms with van der Waals surface area (Å²) in [6.45, 7) is 2.32. The fourth-order valence-corrected chi connectivity index (χ4v) is 1.10. The standard InChI is InChI=1S/C10H12N2O2/c1-8-3-2-4-9(7-8)10(13)11-5-6-12-14/h2-4,7H,5-6H2,1H3,(H,11,13). The molecule has 14 heavy (non-hydrogen) atoms. The molecule has 0 heterocycles. The zero-order valence-corrected chi connectivity index (χ0v) is 7.99. The van der Waals surface area contributed by atoms with Crippen LogP contribution in [-0.2, 0) is 0 Å². The maximum absolute atomic E-state index is 11.4. The minimum atomic E-state index is -0.169. The lowest BCUT2D eigenvalue weighted by molar-refractivity contribution is 0.0954. The molecule has 1 aromatic carbocycles. The summed E-state index contributed by atoms with van der Waals surface area (Å²) in [4.78, 5) is 21.2. The van der Waals surface area contributed by atoms with Gasteiger partial charge in [-0.05, 0) is 19.1 Å². The smallest absolute Gasteiger partial charge is 0.251 e. The average Bonchev–Trinajstić information content (AvgIpc) is 2.18. The van der Waals surface area contributed by atoms with Crippen molar-refractivity contribution in [1.29, 1.82) is 0 Å². The quantitative estimate of drug-likeness (QED) is 0.580. The van der Waals surface area contributed by atoms with E-state index in [1.807, 2.05) is 19.1 Å². The van der Waals surface area contributed by atoms with Gasteiger partial charge in [0.15, 0.2) is 0 Å². The maximum atomic E-state index is 11.4. The molecule has 1 rings (SSSR count). The zero-order valence-electron chi connectivity index (χ0n) is 7.99. The summed E-state index contributed by atoms with van der Waals surface area (Å²) in [6.07, 6.45) is 0. The van der Waals surface area contributed by atoms with Crippen LogP contribution in [0.5, 0.6) is 0 Å². The van der Waals surface area contributed by atoms with Crippen molar-refractivity contribution >= 4 is 5.91 Å². The van der Waals surface area contributed by atoms with E-state index in [9.17, 15) is 9.70 Å². The molecule has 1 amide bonds. The minimum absolute atomic E-state index is 0.109. The molecule has 0 aromatic heterocycles. The third-order valence-electron chi connectivity index (χ3n) is 1.77. The lowest BCUT2D eigenvalue weighted by Gasteiger charge is -2.02. The lowest BCUT2D eigenvalue weighted by Crippen LogP contribution is -2.25. The van der Waals surface area contributed by atoms with Crippen LogP contribution in [0.4, 0.5) is 0 Å². The fourth-order valence-electron chi connectivity index (χ4n) is 1.10. The summed E-state index contributed by atoms with van der Waals surface area (Å²) < 4.78 is 0. The van der Waals surface area contributed by atoms with Crippen LogP contribution in [0.2, 0.25) is 0 Å². The Bertz CT molecular complexity index is 337. The van der Waals surface area contributed by atoms with Crippen molar-refractivity contribution in [2.45, 2.75) is 6.92 Å². The minimum Gasteiger partial charge on any atom is -0.350 e. The van der Waals surface area contributed by atoms with Gasteiger partial charge in [0.05, 0.1) is 6.54 Å². The zero-order chi connectivity index (χ0) is 10.4. The van der Waals surface area contributed by atoms with E-state index in [1.165, 1.54) is 0 Å². The summed E-state index contributed by atoms with van der Waals surface area (Å²) in [7, 11) is 0. The van der Waals surface area contributed by atoms with E-state index >= 15 is 0 Å². The molecule has 0 aliphatic heterocycles. The number of hydrogen-bond acceptors (Lipinski definition) is 3. The van der Waals surface area contributed by atoms with Crippen molar-refractivity contribution < 1.29 is 4.79 Å². The van der Waals surface area contributed by atoms with E-state index in [0.29, 0.717) is 5.56 Å². The molecule has 1 N–H and O–H groups in total. The lowest BCUT2D eigenvalue weighted by atomic mass is 10.1. The van der Waals surface area contributed by atoms with E-state index in [2.05, 4.69) is 10.5 Å². The second kappa shape index (κ2) is 5.11. The predicted octanol–water partition coefficient (Wildman–Crippen LogP) is 1.49. The number of rotatable bonds is 4. The van der Waals surface area contributed by atoms with Gasteiger partial charge >= 0.3 is 0 Å². The third-order valence-corrected chi connectivity index (χ3v) is 1.77.